The summed E-state index contributed by atoms with van der Waals surface area (Å²) in [6, 6.07) is 1.83. The molecule has 0 atom stereocenters. The Balaban J connectivity index is 2.94. The first kappa shape index (κ1) is 8.51. The molecule has 0 bridgehead atoms. The van der Waals surface area contributed by atoms with Gasteiger partial charge in [0.05, 0.1) is 10.7 Å². The first-order chi connectivity index (χ1) is 6.09. The van der Waals surface area contributed by atoms with Gasteiger partial charge in [-0.15, -0.1) is 0 Å². The molecule has 0 saturated heterocycles. The van der Waals surface area contributed by atoms with E-state index >= 15 is 0 Å². The van der Waals surface area contributed by atoms with Gasteiger partial charge in [-0.3, -0.25) is 4.68 Å². The van der Waals surface area contributed by atoms with Crippen LogP contribution in [-0.4, -0.2) is 14.8 Å². The van der Waals surface area contributed by atoms with Gasteiger partial charge >= 0.3 is 0 Å². The van der Waals surface area contributed by atoms with Crippen LogP contribution in [0.25, 0.3) is 11.0 Å². The van der Waals surface area contributed by atoms with Crippen LogP contribution < -0.4 is 0 Å². The van der Waals surface area contributed by atoms with Gasteiger partial charge in [0.1, 0.15) is 11.0 Å². The van der Waals surface area contributed by atoms with Gasteiger partial charge in [-0.2, -0.15) is 5.10 Å². The first-order valence-corrected chi connectivity index (χ1v) is 4.44. The van der Waals surface area contributed by atoms with Gasteiger partial charge in [0.2, 0.25) is 0 Å². The normalized spacial score (nSPS) is 11.1. The van der Waals surface area contributed by atoms with Crippen molar-refractivity contribution in [1.82, 2.24) is 14.8 Å². The van der Waals surface area contributed by atoms with Crippen molar-refractivity contribution in [3.05, 3.63) is 22.5 Å². The van der Waals surface area contributed by atoms with E-state index in [0.717, 1.165) is 22.4 Å². The summed E-state index contributed by atoms with van der Waals surface area (Å²) in [5.74, 6) is 0. The molecule has 13 heavy (non-hydrogen) atoms. The van der Waals surface area contributed by atoms with E-state index in [1.165, 1.54) is 0 Å². The lowest BCUT2D eigenvalue weighted by Gasteiger charge is -1.95. The number of hydrogen-bond acceptors (Lipinski definition) is 2. The molecule has 4 heteroatoms. The summed E-state index contributed by atoms with van der Waals surface area (Å²) >= 11 is 6.03. The molecule has 3 nitrogen and oxygen atoms in total. The highest BCUT2D eigenvalue weighted by molar-refractivity contribution is 6.34. The minimum atomic E-state index is 0.672. The minimum absolute atomic E-state index is 0.672. The van der Waals surface area contributed by atoms with E-state index in [9.17, 15) is 0 Å². The number of nitrogens with zero attached hydrogens (tertiary/aromatic N) is 3. The number of aromatic nitrogens is 3. The fourth-order valence-corrected chi connectivity index (χ4v) is 1.64. The fraction of sp³-hybridized carbons (Fsp3) is 0.333. The predicted octanol–water partition coefficient (Wildman–Crippen LogP) is 2.24. The summed E-state index contributed by atoms with van der Waals surface area (Å²) in [5, 5.41) is 4.95. The molecule has 0 fully saturated rings. The molecule has 0 spiro atoms. The third kappa shape index (κ3) is 1.20. The molecule has 0 N–H and O–H groups in total. The Morgan fingerprint density at radius 3 is 2.69 bits per heavy atom. The fourth-order valence-electron chi connectivity index (χ4n) is 1.35. The van der Waals surface area contributed by atoms with Crippen LogP contribution >= 0.6 is 11.6 Å². The van der Waals surface area contributed by atoms with E-state index in [2.05, 4.69) is 10.1 Å². The van der Waals surface area contributed by atoms with Gasteiger partial charge in [-0.1, -0.05) is 11.6 Å². The number of fused-ring (bicyclic) bond motifs is 1. The molecule has 2 aromatic rings. The van der Waals surface area contributed by atoms with Crippen LogP contribution in [-0.2, 0) is 7.05 Å². The molecular formula is C9H10ClN3. The molecule has 2 rings (SSSR count). The Hall–Kier alpha value is -1.09. The van der Waals surface area contributed by atoms with E-state index < -0.39 is 0 Å². The summed E-state index contributed by atoms with van der Waals surface area (Å²) < 4.78 is 1.79. The largest absolute Gasteiger partial charge is 0.270 e. The van der Waals surface area contributed by atoms with E-state index in [1.807, 2.05) is 27.0 Å². The highest BCUT2D eigenvalue weighted by Crippen LogP contribution is 2.23. The van der Waals surface area contributed by atoms with E-state index in [-0.39, 0.29) is 0 Å². The minimum Gasteiger partial charge on any atom is -0.270 e. The molecule has 0 aliphatic rings. The molecule has 0 aliphatic carbocycles. The van der Waals surface area contributed by atoms with Crippen molar-refractivity contribution in [3.8, 4) is 0 Å². The highest BCUT2D eigenvalue weighted by atomic mass is 35.5. The summed E-state index contributed by atoms with van der Waals surface area (Å²) in [6.07, 6.45) is 0. The second-order valence-corrected chi connectivity index (χ2v) is 3.56. The van der Waals surface area contributed by atoms with E-state index in [0.29, 0.717) is 5.02 Å². The Morgan fingerprint density at radius 1 is 1.31 bits per heavy atom. The molecule has 0 radical (unpaired) electrons. The van der Waals surface area contributed by atoms with Gasteiger partial charge in [-0.05, 0) is 19.9 Å². The van der Waals surface area contributed by atoms with Crippen molar-refractivity contribution >= 4 is 22.6 Å². The van der Waals surface area contributed by atoms with Gasteiger partial charge in [-0.25, -0.2) is 4.98 Å². The Labute approximate surface area is 81.3 Å². The van der Waals surface area contributed by atoms with Crippen LogP contribution in [0.2, 0.25) is 5.02 Å². The Kier molecular flexibility index (Phi) is 1.77. The molecule has 2 aromatic heterocycles. The number of pyridine rings is 1. The topological polar surface area (TPSA) is 30.7 Å². The van der Waals surface area contributed by atoms with Crippen molar-refractivity contribution in [1.29, 1.82) is 0 Å². The molecule has 2 heterocycles. The van der Waals surface area contributed by atoms with Crippen LogP contribution in [0.15, 0.2) is 6.07 Å². The lowest BCUT2D eigenvalue weighted by Crippen LogP contribution is -1.91. The van der Waals surface area contributed by atoms with Crippen LogP contribution in [0.3, 0.4) is 0 Å². The van der Waals surface area contributed by atoms with Crippen molar-refractivity contribution in [2.75, 3.05) is 0 Å². The summed E-state index contributed by atoms with van der Waals surface area (Å²) in [4.78, 5) is 4.39. The molecule has 0 unspecified atom stereocenters. The molecule has 0 aromatic carbocycles. The molecule has 68 valence electrons. The quantitative estimate of drug-likeness (QED) is 0.646. The van der Waals surface area contributed by atoms with Crippen molar-refractivity contribution in [2.45, 2.75) is 13.8 Å². The van der Waals surface area contributed by atoms with Crippen LogP contribution in [0.4, 0.5) is 0 Å². The van der Waals surface area contributed by atoms with Gasteiger partial charge < -0.3 is 0 Å². The maximum absolute atomic E-state index is 6.03. The summed E-state index contributed by atoms with van der Waals surface area (Å²) in [5.41, 5.74) is 3.65. The monoisotopic (exact) mass is 195 g/mol. The smallest absolute Gasteiger partial charge is 0.130 e. The average molecular weight is 196 g/mol. The molecule has 0 aliphatic heterocycles. The van der Waals surface area contributed by atoms with Crippen LogP contribution in [0, 0.1) is 13.8 Å². The maximum atomic E-state index is 6.03. The Morgan fingerprint density at radius 2 is 2.00 bits per heavy atom. The second kappa shape index (κ2) is 2.70. The van der Waals surface area contributed by atoms with Crippen molar-refractivity contribution in [2.24, 2.45) is 7.05 Å². The van der Waals surface area contributed by atoms with Crippen LogP contribution in [0.1, 0.15) is 11.4 Å². The summed E-state index contributed by atoms with van der Waals surface area (Å²) in [7, 11) is 1.89. The first-order valence-electron chi connectivity index (χ1n) is 4.06. The number of aryl methyl sites for hydroxylation is 3. The lowest BCUT2D eigenvalue weighted by atomic mass is 10.3. The van der Waals surface area contributed by atoms with Crippen molar-refractivity contribution in [3.63, 3.8) is 0 Å². The van der Waals surface area contributed by atoms with Crippen molar-refractivity contribution < 1.29 is 0 Å². The van der Waals surface area contributed by atoms with E-state index in [4.69, 9.17) is 11.6 Å². The zero-order valence-corrected chi connectivity index (χ0v) is 8.55. The predicted molar refractivity (Wildman–Crippen MR) is 53.0 cm³/mol. The number of halogens is 1. The summed E-state index contributed by atoms with van der Waals surface area (Å²) in [6.45, 7) is 3.91. The zero-order chi connectivity index (χ0) is 9.59. The van der Waals surface area contributed by atoms with Gasteiger partial charge in [0.15, 0.2) is 0 Å². The maximum Gasteiger partial charge on any atom is 0.130 e. The second-order valence-electron chi connectivity index (χ2n) is 3.15. The Bertz CT molecular complexity index is 473. The molecule has 0 saturated carbocycles. The number of rotatable bonds is 0. The van der Waals surface area contributed by atoms with E-state index in [1.54, 1.807) is 4.68 Å². The molecular weight excluding hydrogens is 186 g/mol. The van der Waals surface area contributed by atoms with Gasteiger partial charge in [0, 0.05) is 12.7 Å². The third-order valence-corrected chi connectivity index (χ3v) is 2.44. The average Bonchev–Trinajstić information content (AvgIpc) is 2.32. The lowest BCUT2D eigenvalue weighted by molar-refractivity contribution is 0.750. The van der Waals surface area contributed by atoms with Gasteiger partial charge in [0.25, 0.3) is 0 Å². The standard InChI is InChI=1S/C9H10ClN3/c1-5-4-7(10)9-8(11-5)6(2)13(3)12-9/h4H,1-3H3. The SMILES string of the molecule is Cc1cc(Cl)c2nn(C)c(C)c2n1. The third-order valence-electron chi connectivity index (χ3n) is 2.15. The highest BCUT2D eigenvalue weighted by Gasteiger charge is 2.09. The number of hydrogen-bond donors (Lipinski definition) is 0. The molecule has 0 amide bonds. The van der Waals surface area contributed by atoms with Crippen LogP contribution in [0.5, 0.6) is 0 Å². The zero-order valence-electron chi connectivity index (χ0n) is 7.80.